The fraction of sp³-hybridized carbons (Fsp3) is 0.600. The van der Waals surface area contributed by atoms with Gasteiger partial charge in [0.15, 0.2) is 12.2 Å². The largest absolute Gasteiger partial charge is 0.369 e. The number of guanidine groups is 2. The Morgan fingerprint density at radius 2 is 1.95 bits per heavy atom. The maximum atomic E-state index is 10.4. The van der Waals surface area contributed by atoms with E-state index in [-0.39, 0.29) is 11.9 Å². The molecule has 0 aromatic heterocycles. The van der Waals surface area contributed by atoms with Gasteiger partial charge in [-0.2, -0.15) is 5.26 Å². The Hall–Kier alpha value is -2.50. The molecule has 0 aromatic rings. The molecule has 106 valence electrons. The number of aliphatic imine (C=N–C) groups is 1. The Balaban J connectivity index is 3.37. The minimum atomic E-state index is -0.751. The predicted octanol–water partition coefficient (Wildman–Crippen LogP) is -0.875. The van der Waals surface area contributed by atoms with Gasteiger partial charge in [0.25, 0.3) is 0 Å². The van der Waals surface area contributed by atoms with Crippen molar-refractivity contribution >= 4 is 18.0 Å². The van der Waals surface area contributed by atoms with Crippen molar-refractivity contribution in [2.24, 2.45) is 16.5 Å². The van der Waals surface area contributed by atoms with E-state index in [0.29, 0.717) is 13.1 Å². The Bertz CT molecular complexity index is 359. The summed E-state index contributed by atoms with van der Waals surface area (Å²) in [6.07, 6.45) is 5.38. The molecule has 0 aliphatic rings. The number of nitrogens with zero attached hydrogens (tertiary/aromatic N) is 2. The molecule has 0 saturated heterocycles. The zero-order valence-electron chi connectivity index (χ0n) is 10.7. The summed E-state index contributed by atoms with van der Waals surface area (Å²) in [4.78, 5) is 14.3. The molecule has 0 saturated carbocycles. The number of rotatable bonds is 7. The quantitative estimate of drug-likeness (QED) is 0.116. The number of unbranched alkanes of at least 4 members (excludes halogenated alkanes) is 3. The summed E-state index contributed by atoms with van der Waals surface area (Å²) >= 11 is 0. The van der Waals surface area contributed by atoms with E-state index >= 15 is 0 Å². The summed E-state index contributed by atoms with van der Waals surface area (Å²) in [5.41, 5.74) is 10.2. The van der Waals surface area contributed by atoms with Gasteiger partial charge in [-0.1, -0.05) is 12.8 Å². The molecule has 0 spiro atoms. The lowest BCUT2D eigenvalue weighted by molar-refractivity contribution is 0.252. The highest BCUT2D eigenvalue weighted by molar-refractivity contribution is 5.93. The first-order valence-corrected chi connectivity index (χ1v) is 5.90. The van der Waals surface area contributed by atoms with Gasteiger partial charge in [-0.05, 0) is 12.8 Å². The van der Waals surface area contributed by atoms with Crippen LogP contribution in [0.1, 0.15) is 25.7 Å². The Morgan fingerprint density at radius 1 is 1.26 bits per heavy atom. The van der Waals surface area contributed by atoms with E-state index in [4.69, 9.17) is 22.1 Å². The van der Waals surface area contributed by atoms with Gasteiger partial charge >= 0.3 is 6.03 Å². The van der Waals surface area contributed by atoms with Crippen molar-refractivity contribution in [2.75, 3.05) is 13.1 Å². The summed E-state index contributed by atoms with van der Waals surface area (Å²) in [7, 11) is 0. The third kappa shape index (κ3) is 11.8. The molecule has 0 aliphatic heterocycles. The number of nitrogens with two attached hydrogens (primary N) is 2. The van der Waals surface area contributed by atoms with E-state index in [0.717, 1.165) is 25.7 Å². The van der Waals surface area contributed by atoms with Crippen LogP contribution in [0.25, 0.3) is 0 Å². The molecule has 19 heavy (non-hydrogen) atoms. The number of hydrogen-bond donors (Lipinski definition) is 6. The van der Waals surface area contributed by atoms with Crippen molar-refractivity contribution in [1.82, 2.24) is 16.0 Å². The SMILES string of the molecule is N#CNC(N)=NCCCCCCNC(=N)NC(N)=O. The number of carbonyl (C=O) groups excluding carboxylic acids is 1. The zero-order chi connectivity index (χ0) is 14.5. The number of amides is 2. The normalized spacial score (nSPS) is 10.4. The van der Waals surface area contributed by atoms with Crippen molar-refractivity contribution in [3.63, 3.8) is 0 Å². The van der Waals surface area contributed by atoms with E-state index in [1.54, 1.807) is 6.19 Å². The molecule has 0 aliphatic carbocycles. The minimum absolute atomic E-state index is 0.0903. The van der Waals surface area contributed by atoms with Crippen molar-refractivity contribution < 1.29 is 4.79 Å². The van der Waals surface area contributed by atoms with Crippen LogP contribution >= 0.6 is 0 Å². The Labute approximate surface area is 111 Å². The van der Waals surface area contributed by atoms with Crippen molar-refractivity contribution in [1.29, 1.82) is 10.7 Å². The van der Waals surface area contributed by atoms with E-state index < -0.39 is 6.03 Å². The molecule has 2 amide bonds. The lowest BCUT2D eigenvalue weighted by Crippen LogP contribution is -2.43. The Kier molecular flexibility index (Phi) is 9.24. The van der Waals surface area contributed by atoms with Crippen LogP contribution < -0.4 is 27.4 Å². The number of urea groups is 1. The van der Waals surface area contributed by atoms with Crippen LogP contribution in [0.15, 0.2) is 4.99 Å². The molecular formula is C10H20N8O. The predicted molar refractivity (Wildman–Crippen MR) is 72.2 cm³/mol. The lowest BCUT2D eigenvalue weighted by Gasteiger charge is -2.06. The number of primary amides is 1. The topological polar surface area (TPSA) is 165 Å². The zero-order valence-corrected chi connectivity index (χ0v) is 10.7. The van der Waals surface area contributed by atoms with Crippen LogP contribution in [0.3, 0.4) is 0 Å². The monoisotopic (exact) mass is 268 g/mol. The van der Waals surface area contributed by atoms with Crippen LogP contribution in [0.2, 0.25) is 0 Å². The van der Waals surface area contributed by atoms with Gasteiger partial charge < -0.3 is 16.8 Å². The standard InChI is InChI=1S/C10H20N8O/c11-7-17-8(12)15-5-3-1-2-4-6-16-9(13)18-10(14)19/h1-6H2,(H3,12,15,17)(H5,13,14,16,18,19). The van der Waals surface area contributed by atoms with Crippen LogP contribution in [-0.4, -0.2) is 31.0 Å². The molecule has 0 bridgehead atoms. The molecule has 0 heterocycles. The van der Waals surface area contributed by atoms with E-state index in [2.05, 4.69) is 20.9 Å². The molecule has 8 N–H and O–H groups in total. The first-order valence-electron chi connectivity index (χ1n) is 5.90. The van der Waals surface area contributed by atoms with E-state index in [1.165, 1.54) is 0 Å². The average Bonchev–Trinajstić information content (AvgIpc) is 2.32. The molecule has 9 heteroatoms. The minimum Gasteiger partial charge on any atom is -0.369 e. The third-order valence-electron chi connectivity index (χ3n) is 2.10. The summed E-state index contributed by atoms with van der Waals surface area (Å²) in [6.45, 7) is 1.17. The molecule has 0 rings (SSSR count). The van der Waals surface area contributed by atoms with Gasteiger partial charge in [-0.3, -0.25) is 21.0 Å². The highest BCUT2D eigenvalue weighted by Crippen LogP contribution is 1.98. The fourth-order valence-electron chi connectivity index (χ4n) is 1.27. The maximum absolute atomic E-state index is 10.4. The molecular weight excluding hydrogens is 248 g/mol. The number of carbonyl (C=O) groups is 1. The van der Waals surface area contributed by atoms with E-state index in [9.17, 15) is 4.79 Å². The van der Waals surface area contributed by atoms with Gasteiger partial charge in [0.1, 0.15) is 0 Å². The number of hydrogen-bond acceptors (Lipinski definition) is 4. The fourth-order valence-corrected chi connectivity index (χ4v) is 1.27. The second kappa shape index (κ2) is 10.6. The molecule has 0 radical (unpaired) electrons. The van der Waals surface area contributed by atoms with Crippen molar-refractivity contribution in [3.05, 3.63) is 0 Å². The second-order valence-electron chi connectivity index (χ2n) is 3.71. The summed E-state index contributed by atoms with van der Waals surface area (Å²) in [5, 5.41) is 22.6. The second-order valence-corrected chi connectivity index (χ2v) is 3.71. The van der Waals surface area contributed by atoms with Gasteiger partial charge in [-0.25, -0.2) is 4.79 Å². The Morgan fingerprint density at radius 3 is 2.58 bits per heavy atom. The number of nitriles is 1. The number of nitrogens with one attached hydrogen (secondary N) is 4. The highest BCUT2D eigenvalue weighted by atomic mass is 16.2. The first kappa shape index (κ1) is 16.5. The van der Waals surface area contributed by atoms with Gasteiger partial charge in [-0.15, -0.1) is 0 Å². The molecule has 0 fully saturated rings. The van der Waals surface area contributed by atoms with Gasteiger partial charge in [0.2, 0.25) is 5.96 Å². The molecule has 0 atom stereocenters. The smallest absolute Gasteiger partial charge is 0.318 e. The first-order chi connectivity index (χ1) is 9.06. The summed E-state index contributed by atoms with van der Waals surface area (Å²) in [6, 6.07) is -0.751. The summed E-state index contributed by atoms with van der Waals surface area (Å²) in [5.74, 6) is 0.0441. The molecule has 0 unspecified atom stereocenters. The van der Waals surface area contributed by atoms with Gasteiger partial charge in [0, 0.05) is 13.1 Å². The van der Waals surface area contributed by atoms with Crippen LogP contribution in [0.5, 0.6) is 0 Å². The maximum Gasteiger partial charge on any atom is 0.318 e. The van der Waals surface area contributed by atoms with Crippen LogP contribution in [0.4, 0.5) is 4.79 Å². The van der Waals surface area contributed by atoms with Crippen LogP contribution in [-0.2, 0) is 0 Å². The van der Waals surface area contributed by atoms with Crippen molar-refractivity contribution in [2.45, 2.75) is 25.7 Å². The average molecular weight is 268 g/mol. The highest BCUT2D eigenvalue weighted by Gasteiger charge is 1.97. The summed E-state index contributed by atoms with van der Waals surface area (Å²) < 4.78 is 0. The van der Waals surface area contributed by atoms with Crippen molar-refractivity contribution in [3.8, 4) is 6.19 Å². The van der Waals surface area contributed by atoms with Crippen LogP contribution in [0, 0.1) is 16.9 Å². The molecule has 0 aromatic carbocycles. The van der Waals surface area contributed by atoms with E-state index in [1.807, 2.05) is 0 Å². The lowest BCUT2D eigenvalue weighted by atomic mass is 10.2. The van der Waals surface area contributed by atoms with Gasteiger partial charge in [0.05, 0.1) is 0 Å². The third-order valence-corrected chi connectivity index (χ3v) is 2.10. The molecule has 9 nitrogen and oxygen atoms in total.